The van der Waals surface area contributed by atoms with Crippen LogP contribution in [0.25, 0.3) is 0 Å². The molecule has 0 atom stereocenters. The van der Waals surface area contributed by atoms with Gasteiger partial charge < -0.3 is 10.3 Å². The summed E-state index contributed by atoms with van der Waals surface area (Å²) >= 11 is 0. The van der Waals surface area contributed by atoms with Crippen LogP contribution in [0.3, 0.4) is 0 Å². The molecule has 122 valence electrons. The van der Waals surface area contributed by atoms with Gasteiger partial charge in [0.15, 0.2) is 0 Å². The van der Waals surface area contributed by atoms with E-state index in [0.29, 0.717) is 24.5 Å². The number of nitrogens with zero attached hydrogens (tertiary/aromatic N) is 1. The highest BCUT2D eigenvalue weighted by Crippen LogP contribution is 2.21. The summed E-state index contributed by atoms with van der Waals surface area (Å²) in [5, 5.41) is 2.93. The number of hydrogen-bond donors (Lipinski definition) is 2. The summed E-state index contributed by atoms with van der Waals surface area (Å²) in [7, 11) is 0. The van der Waals surface area contributed by atoms with Crippen molar-refractivity contribution in [1.82, 2.24) is 15.3 Å². The van der Waals surface area contributed by atoms with Gasteiger partial charge in [0.25, 0.3) is 11.5 Å². The van der Waals surface area contributed by atoms with E-state index in [2.05, 4.69) is 21.4 Å². The average molecular weight is 313 g/mol. The Kier molecular flexibility index (Phi) is 4.98. The lowest BCUT2D eigenvalue weighted by Gasteiger charge is -2.15. The number of aryl methyl sites for hydroxylation is 3. The van der Waals surface area contributed by atoms with E-state index >= 15 is 0 Å². The molecule has 1 amide bonds. The molecular weight excluding hydrogens is 290 g/mol. The van der Waals surface area contributed by atoms with E-state index in [1.165, 1.54) is 6.07 Å². The normalized spacial score (nSPS) is 10.7. The van der Waals surface area contributed by atoms with Crippen molar-refractivity contribution < 1.29 is 4.79 Å². The van der Waals surface area contributed by atoms with Crippen molar-refractivity contribution in [2.45, 2.75) is 41.0 Å². The third kappa shape index (κ3) is 3.86. The minimum Gasteiger partial charge on any atom is -0.352 e. The highest BCUT2D eigenvalue weighted by molar-refractivity contribution is 5.97. The first-order chi connectivity index (χ1) is 10.8. The molecule has 0 saturated carbocycles. The lowest BCUT2D eigenvalue weighted by Crippen LogP contribution is -2.28. The van der Waals surface area contributed by atoms with Gasteiger partial charge in [0.2, 0.25) is 0 Å². The number of carbonyl (C=O) groups excluding carboxylic acids is 1. The van der Waals surface area contributed by atoms with E-state index in [9.17, 15) is 9.59 Å². The second kappa shape index (κ2) is 6.77. The third-order valence-corrected chi connectivity index (χ3v) is 4.17. The fraction of sp³-hybridized carbons (Fsp3) is 0.389. The van der Waals surface area contributed by atoms with Crippen molar-refractivity contribution in [3.05, 3.63) is 61.8 Å². The molecule has 5 heteroatoms. The van der Waals surface area contributed by atoms with Crippen LogP contribution in [-0.4, -0.2) is 22.4 Å². The van der Waals surface area contributed by atoms with Crippen LogP contribution in [0.5, 0.6) is 0 Å². The van der Waals surface area contributed by atoms with Crippen LogP contribution in [0.2, 0.25) is 0 Å². The summed E-state index contributed by atoms with van der Waals surface area (Å²) in [6.45, 7) is 10.2. The molecular formula is C18H23N3O2. The third-order valence-electron chi connectivity index (χ3n) is 4.17. The second-order valence-electron chi connectivity index (χ2n) is 5.96. The van der Waals surface area contributed by atoms with Crippen molar-refractivity contribution in [2.75, 3.05) is 6.54 Å². The number of rotatable bonds is 4. The zero-order valence-electron chi connectivity index (χ0n) is 14.3. The number of hydrogen-bond acceptors (Lipinski definition) is 3. The molecule has 2 aromatic rings. The zero-order valence-corrected chi connectivity index (χ0v) is 14.3. The van der Waals surface area contributed by atoms with Crippen LogP contribution in [-0.2, 0) is 6.42 Å². The molecule has 5 nitrogen and oxygen atoms in total. The summed E-state index contributed by atoms with van der Waals surface area (Å²) in [4.78, 5) is 30.8. The van der Waals surface area contributed by atoms with Crippen LogP contribution in [0, 0.1) is 34.6 Å². The SMILES string of the molecule is Cc1nc(CCNC(=O)c2c(C)c(C)cc(C)c2C)cc(=O)[nH]1. The molecule has 2 rings (SSSR count). The number of aromatic nitrogens is 2. The second-order valence-corrected chi connectivity index (χ2v) is 5.96. The quantitative estimate of drug-likeness (QED) is 0.909. The fourth-order valence-corrected chi connectivity index (χ4v) is 2.72. The molecule has 0 bridgehead atoms. The smallest absolute Gasteiger partial charge is 0.251 e. The van der Waals surface area contributed by atoms with Crippen LogP contribution in [0.4, 0.5) is 0 Å². The Morgan fingerprint density at radius 2 is 1.70 bits per heavy atom. The number of amides is 1. The molecule has 0 aliphatic heterocycles. The first-order valence-corrected chi connectivity index (χ1v) is 7.72. The van der Waals surface area contributed by atoms with Crippen molar-refractivity contribution >= 4 is 5.91 Å². The van der Waals surface area contributed by atoms with Crippen molar-refractivity contribution in [1.29, 1.82) is 0 Å². The van der Waals surface area contributed by atoms with E-state index in [0.717, 1.165) is 27.8 Å². The monoisotopic (exact) mass is 313 g/mol. The van der Waals surface area contributed by atoms with Gasteiger partial charge in [0.1, 0.15) is 5.82 Å². The van der Waals surface area contributed by atoms with Gasteiger partial charge in [-0.3, -0.25) is 9.59 Å². The predicted molar refractivity (Wildman–Crippen MR) is 91.0 cm³/mol. The van der Waals surface area contributed by atoms with Gasteiger partial charge in [0.05, 0.1) is 0 Å². The van der Waals surface area contributed by atoms with Gasteiger partial charge in [0, 0.05) is 30.3 Å². The first kappa shape index (κ1) is 16.9. The van der Waals surface area contributed by atoms with Crippen LogP contribution >= 0.6 is 0 Å². The van der Waals surface area contributed by atoms with Crippen LogP contribution in [0.1, 0.15) is 44.1 Å². The van der Waals surface area contributed by atoms with Crippen LogP contribution in [0.15, 0.2) is 16.9 Å². The molecule has 0 fully saturated rings. The number of nitrogens with one attached hydrogen (secondary N) is 2. The van der Waals surface area contributed by atoms with Gasteiger partial charge in [-0.05, 0) is 56.9 Å². The molecule has 0 unspecified atom stereocenters. The van der Waals surface area contributed by atoms with Gasteiger partial charge in [-0.2, -0.15) is 0 Å². The molecule has 1 aromatic heterocycles. The maximum atomic E-state index is 12.5. The topological polar surface area (TPSA) is 74.8 Å². The molecule has 0 aliphatic rings. The fourth-order valence-electron chi connectivity index (χ4n) is 2.72. The van der Waals surface area contributed by atoms with Gasteiger partial charge >= 0.3 is 0 Å². The molecule has 1 heterocycles. The highest BCUT2D eigenvalue weighted by atomic mass is 16.1. The van der Waals surface area contributed by atoms with Crippen molar-refractivity contribution in [3.8, 4) is 0 Å². The lowest BCUT2D eigenvalue weighted by atomic mass is 9.94. The molecule has 0 spiro atoms. The number of H-pyrrole nitrogens is 1. The van der Waals surface area contributed by atoms with Crippen molar-refractivity contribution in [2.24, 2.45) is 0 Å². The Labute approximate surface area is 136 Å². The standard InChI is InChI=1S/C18H23N3O2/c1-10-8-11(2)13(4)17(12(10)3)18(23)19-7-6-15-9-16(22)21-14(5)20-15/h8-9H,6-7H2,1-5H3,(H,19,23)(H,20,21,22). The highest BCUT2D eigenvalue weighted by Gasteiger charge is 2.15. The first-order valence-electron chi connectivity index (χ1n) is 7.72. The van der Waals surface area contributed by atoms with Gasteiger partial charge in [-0.25, -0.2) is 4.98 Å². The number of aromatic amines is 1. The van der Waals surface area contributed by atoms with Gasteiger partial charge in [-0.15, -0.1) is 0 Å². The average Bonchev–Trinajstić information content (AvgIpc) is 2.44. The van der Waals surface area contributed by atoms with E-state index in [-0.39, 0.29) is 11.5 Å². The molecule has 2 N–H and O–H groups in total. The number of carbonyl (C=O) groups is 1. The Hall–Kier alpha value is -2.43. The minimum absolute atomic E-state index is 0.0756. The van der Waals surface area contributed by atoms with E-state index < -0.39 is 0 Å². The Morgan fingerprint density at radius 3 is 2.26 bits per heavy atom. The molecule has 23 heavy (non-hydrogen) atoms. The predicted octanol–water partition coefficient (Wildman–Crippen LogP) is 2.28. The zero-order chi connectivity index (χ0) is 17.1. The summed E-state index contributed by atoms with van der Waals surface area (Å²) in [6.07, 6.45) is 0.527. The minimum atomic E-state index is -0.167. The molecule has 0 saturated heterocycles. The molecule has 0 radical (unpaired) electrons. The van der Waals surface area contributed by atoms with E-state index in [1.807, 2.05) is 27.7 Å². The maximum Gasteiger partial charge on any atom is 0.251 e. The van der Waals surface area contributed by atoms with E-state index in [1.54, 1.807) is 6.92 Å². The Morgan fingerprint density at radius 1 is 1.09 bits per heavy atom. The molecule has 0 aliphatic carbocycles. The van der Waals surface area contributed by atoms with Gasteiger partial charge in [-0.1, -0.05) is 6.07 Å². The van der Waals surface area contributed by atoms with Crippen LogP contribution < -0.4 is 10.9 Å². The van der Waals surface area contributed by atoms with Crippen molar-refractivity contribution in [3.63, 3.8) is 0 Å². The maximum absolute atomic E-state index is 12.5. The largest absolute Gasteiger partial charge is 0.352 e. The molecule has 1 aromatic carbocycles. The van der Waals surface area contributed by atoms with E-state index in [4.69, 9.17) is 0 Å². The summed E-state index contributed by atoms with van der Waals surface area (Å²) in [6, 6.07) is 3.57. The lowest BCUT2D eigenvalue weighted by molar-refractivity contribution is 0.0952. The number of benzene rings is 1. The Bertz CT molecular complexity index is 780. The summed E-state index contributed by atoms with van der Waals surface area (Å²) in [5.41, 5.74) is 5.51. The Balaban J connectivity index is 2.10. The summed E-state index contributed by atoms with van der Waals surface area (Å²) in [5.74, 6) is 0.508. The summed E-state index contributed by atoms with van der Waals surface area (Å²) < 4.78 is 0.